The van der Waals surface area contributed by atoms with Gasteiger partial charge in [0.1, 0.15) is 0 Å². The van der Waals surface area contributed by atoms with Gasteiger partial charge in [0, 0.05) is 17.5 Å². The van der Waals surface area contributed by atoms with E-state index >= 15 is 0 Å². The van der Waals surface area contributed by atoms with Crippen LogP contribution in [0.4, 0.5) is 11.4 Å². The molecular weight excluding hydrogens is 439 g/mol. The third-order valence-electron chi connectivity index (χ3n) is 5.45. The SMILES string of the molecule is CC1(C)C(=O)N(C(C)(C)P(=O)=O)c2cc(C(=O)Nc3ccc(S(C)(=O)=O)cc3)ccc21. The zero-order valence-corrected chi connectivity index (χ0v) is 19.5. The fourth-order valence-electron chi connectivity index (χ4n) is 3.50. The fourth-order valence-corrected chi connectivity index (χ4v) is 4.50. The van der Waals surface area contributed by atoms with E-state index in [-0.39, 0.29) is 16.4 Å². The minimum atomic E-state index is -3.35. The molecule has 1 heterocycles. The maximum absolute atomic E-state index is 13.0. The number of nitrogens with zero attached hydrogens (tertiary/aromatic N) is 1. The number of amides is 2. The fraction of sp³-hybridized carbons (Fsp3) is 0.333. The summed E-state index contributed by atoms with van der Waals surface area (Å²) in [5, 5.41) is 1.21. The van der Waals surface area contributed by atoms with E-state index in [1.165, 1.54) is 49.1 Å². The molecule has 164 valence electrons. The Bertz CT molecular complexity index is 1250. The summed E-state index contributed by atoms with van der Waals surface area (Å²) in [5.74, 6) is -0.836. The van der Waals surface area contributed by atoms with Gasteiger partial charge >= 0.3 is 7.68 Å². The van der Waals surface area contributed by atoms with E-state index in [2.05, 4.69) is 5.32 Å². The van der Waals surface area contributed by atoms with Crippen molar-refractivity contribution in [2.45, 2.75) is 43.3 Å². The summed E-state index contributed by atoms with van der Waals surface area (Å²) < 4.78 is 46.9. The van der Waals surface area contributed by atoms with E-state index in [1.807, 2.05) is 0 Å². The van der Waals surface area contributed by atoms with Crippen LogP contribution in [0.25, 0.3) is 0 Å². The normalized spacial score (nSPS) is 15.5. The van der Waals surface area contributed by atoms with Gasteiger partial charge < -0.3 is 5.32 Å². The van der Waals surface area contributed by atoms with Gasteiger partial charge in [-0.1, -0.05) is 6.07 Å². The van der Waals surface area contributed by atoms with Gasteiger partial charge in [0.15, 0.2) is 15.1 Å². The molecule has 2 aromatic rings. The summed E-state index contributed by atoms with van der Waals surface area (Å²) in [5.41, 5.74) is 0.706. The number of rotatable bonds is 5. The lowest BCUT2D eigenvalue weighted by atomic mass is 9.86. The first-order valence-electron chi connectivity index (χ1n) is 9.42. The maximum Gasteiger partial charge on any atom is 0.341 e. The van der Waals surface area contributed by atoms with E-state index in [0.717, 1.165) is 6.26 Å². The number of fused-ring (bicyclic) bond motifs is 1. The van der Waals surface area contributed by atoms with E-state index in [1.54, 1.807) is 26.0 Å². The van der Waals surface area contributed by atoms with Crippen molar-refractivity contribution >= 4 is 40.7 Å². The highest BCUT2D eigenvalue weighted by atomic mass is 32.2. The van der Waals surface area contributed by atoms with Crippen molar-refractivity contribution in [3.8, 4) is 0 Å². The number of anilines is 2. The average Bonchev–Trinajstić information content (AvgIpc) is 2.87. The van der Waals surface area contributed by atoms with Gasteiger partial charge in [-0.25, -0.2) is 17.5 Å². The first-order valence-corrected chi connectivity index (χ1v) is 12.5. The predicted octanol–water partition coefficient (Wildman–Crippen LogP) is 3.88. The monoisotopic (exact) mass is 462 g/mol. The van der Waals surface area contributed by atoms with Crippen molar-refractivity contribution in [1.82, 2.24) is 0 Å². The molecule has 0 aliphatic carbocycles. The molecule has 0 aromatic heterocycles. The quantitative estimate of drug-likeness (QED) is 0.674. The number of carbonyl (C=O) groups is 2. The molecule has 2 amide bonds. The number of hydrogen-bond acceptors (Lipinski definition) is 6. The molecule has 0 saturated heterocycles. The smallest absolute Gasteiger partial charge is 0.322 e. The third kappa shape index (κ3) is 3.95. The Kier molecular flexibility index (Phi) is 5.49. The Morgan fingerprint density at radius 2 is 1.65 bits per heavy atom. The molecule has 0 saturated carbocycles. The van der Waals surface area contributed by atoms with Gasteiger partial charge in [-0.15, -0.1) is 0 Å². The van der Waals surface area contributed by atoms with E-state index in [0.29, 0.717) is 16.9 Å². The van der Waals surface area contributed by atoms with Crippen molar-refractivity contribution < 1.29 is 27.1 Å². The van der Waals surface area contributed by atoms with Gasteiger partial charge in [-0.05, 0) is 69.7 Å². The van der Waals surface area contributed by atoms with Crippen LogP contribution < -0.4 is 10.2 Å². The molecule has 10 heteroatoms. The molecule has 3 rings (SSSR count). The Hall–Kier alpha value is -2.77. The number of benzene rings is 2. The molecule has 2 aromatic carbocycles. The molecule has 31 heavy (non-hydrogen) atoms. The lowest BCUT2D eigenvalue weighted by Crippen LogP contribution is -2.46. The second kappa shape index (κ2) is 7.43. The van der Waals surface area contributed by atoms with Crippen LogP contribution in [0.5, 0.6) is 0 Å². The first kappa shape index (κ1) is 22.9. The van der Waals surface area contributed by atoms with Crippen molar-refractivity contribution in [3.63, 3.8) is 0 Å². The minimum absolute atomic E-state index is 0.133. The first-order chi connectivity index (χ1) is 14.2. The van der Waals surface area contributed by atoms with Gasteiger partial charge in [-0.2, -0.15) is 0 Å². The molecule has 0 spiro atoms. The van der Waals surface area contributed by atoms with Crippen LogP contribution in [-0.4, -0.2) is 31.8 Å². The second-order valence-corrected chi connectivity index (χ2v) is 12.1. The Morgan fingerprint density at radius 1 is 1.06 bits per heavy atom. The largest absolute Gasteiger partial charge is 0.341 e. The summed E-state index contributed by atoms with van der Waals surface area (Å²) in [6.45, 7) is 6.31. The molecular formula is C21H23N2O6PS. The molecule has 1 N–H and O–H groups in total. The van der Waals surface area contributed by atoms with Crippen LogP contribution in [0.2, 0.25) is 0 Å². The van der Waals surface area contributed by atoms with E-state index in [4.69, 9.17) is 0 Å². The summed E-state index contributed by atoms with van der Waals surface area (Å²) in [6, 6.07) is 10.5. The third-order valence-corrected chi connectivity index (χ3v) is 7.67. The second-order valence-electron chi connectivity index (χ2n) is 8.50. The zero-order chi connectivity index (χ0) is 23.4. The summed E-state index contributed by atoms with van der Waals surface area (Å²) >= 11 is 0. The molecule has 0 atom stereocenters. The lowest BCUT2D eigenvalue weighted by Gasteiger charge is -2.30. The summed E-state index contributed by atoms with van der Waals surface area (Å²) in [7, 11) is -6.32. The van der Waals surface area contributed by atoms with E-state index in [9.17, 15) is 27.1 Å². The van der Waals surface area contributed by atoms with Crippen molar-refractivity contribution in [1.29, 1.82) is 0 Å². The molecule has 1 aliphatic heterocycles. The molecule has 0 bridgehead atoms. The number of carbonyl (C=O) groups excluding carboxylic acids is 2. The van der Waals surface area contributed by atoms with Gasteiger partial charge in [0.05, 0.1) is 16.0 Å². The van der Waals surface area contributed by atoms with Crippen LogP contribution in [0, 0.1) is 0 Å². The standard InChI is InChI=1S/C21H23N2O6PS/c1-20(2)16-11-6-13(12-17(16)23(19(20)25)21(3,4)30(26)27)18(24)22-14-7-9-15(10-8-14)31(5,28)29/h6-12H,1-5H3,(H,22,24). The van der Waals surface area contributed by atoms with Gasteiger partial charge in [0.25, 0.3) is 5.91 Å². The number of sulfone groups is 1. The minimum Gasteiger partial charge on any atom is -0.322 e. The number of nitrogens with one attached hydrogen (secondary N) is 1. The Labute approximate surface area is 181 Å². The molecule has 0 unspecified atom stereocenters. The maximum atomic E-state index is 13.0. The van der Waals surface area contributed by atoms with Crippen LogP contribution in [0.15, 0.2) is 47.4 Å². The highest BCUT2D eigenvalue weighted by molar-refractivity contribution is 7.90. The predicted molar refractivity (Wildman–Crippen MR) is 117 cm³/mol. The van der Waals surface area contributed by atoms with Gasteiger partial charge in [-0.3, -0.25) is 14.5 Å². The molecule has 8 nitrogen and oxygen atoms in total. The molecule has 0 fully saturated rings. The van der Waals surface area contributed by atoms with Crippen LogP contribution >= 0.6 is 7.68 Å². The average molecular weight is 462 g/mol. The Morgan fingerprint density at radius 3 is 2.16 bits per heavy atom. The van der Waals surface area contributed by atoms with Crippen molar-refractivity contribution in [2.24, 2.45) is 0 Å². The molecule has 1 aliphatic rings. The highest BCUT2D eigenvalue weighted by Crippen LogP contribution is 2.48. The van der Waals surface area contributed by atoms with Crippen molar-refractivity contribution in [2.75, 3.05) is 16.5 Å². The zero-order valence-electron chi connectivity index (χ0n) is 17.8. The van der Waals surface area contributed by atoms with Crippen LogP contribution in [0.1, 0.15) is 43.6 Å². The highest BCUT2D eigenvalue weighted by Gasteiger charge is 2.51. The number of hydrogen-bond donors (Lipinski definition) is 1. The van der Waals surface area contributed by atoms with Crippen LogP contribution in [-0.2, 0) is 29.2 Å². The molecule has 0 radical (unpaired) electrons. The van der Waals surface area contributed by atoms with E-state index < -0.39 is 34.1 Å². The van der Waals surface area contributed by atoms with Gasteiger partial charge in [0.2, 0.25) is 5.91 Å². The Balaban J connectivity index is 1.98. The topological polar surface area (TPSA) is 118 Å². The summed E-state index contributed by atoms with van der Waals surface area (Å²) in [4.78, 5) is 27.2. The summed E-state index contributed by atoms with van der Waals surface area (Å²) in [6.07, 6.45) is 1.09. The van der Waals surface area contributed by atoms with Crippen LogP contribution in [0.3, 0.4) is 0 Å². The van der Waals surface area contributed by atoms with Crippen molar-refractivity contribution in [3.05, 3.63) is 53.6 Å². The lowest BCUT2D eigenvalue weighted by molar-refractivity contribution is -0.122.